The molecule has 1 amide bonds. The molecule has 0 fully saturated rings. The van der Waals surface area contributed by atoms with E-state index in [1.807, 2.05) is 0 Å². The van der Waals surface area contributed by atoms with Crippen LogP contribution in [0.2, 0.25) is 0 Å². The van der Waals surface area contributed by atoms with E-state index in [9.17, 15) is 4.79 Å². The van der Waals surface area contributed by atoms with Gasteiger partial charge in [0.15, 0.2) is 10.2 Å². The second-order valence-corrected chi connectivity index (χ2v) is 6.15. The fourth-order valence-electron chi connectivity index (χ4n) is 1.65. The molecule has 0 radical (unpaired) electrons. The predicted octanol–water partition coefficient (Wildman–Crippen LogP) is 3.14. The number of nitrogens with one attached hydrogen (secondary N) is 1. The van der Waals surface area contributed by atoms with Gasteiger partial charge in [0, 0.05) is 36.4 Å². The molecule has 120 valence electrons. The van der Waals surface area contributed by atoms with Crippen molar-refractivity contribution in [3.05, 3.63) is 64.8 Å². The van der Waals surface area contributed by atoms with Gasteiger partial charge in [0.1, 0.15) is 5.76 Å². The monoisotopic (exact) mass is 403 g/mol. The van der Waals surface area contributed by atoms with Crippen molar-refractivity contribution in [2.45, 2.75) is 10.2 Å². The summed E-state index contributed by atoms with van der Waals surface area (Å²) in [6, 6.07) is 6.68. The largest absolute Gasteiger partial charge is 0.447 e. The van der Waals surface area contributed by atoms with Crippen LogP contribution in [0.4, 0.5) is 0 Å². The maximum atomic E-state index is 11.8. The first kappa shape index (κ1) is 16.3. The predicted molar refractivity (Wildman–Crippen MR) is 91.9 cm³/mol. The van der Waals surface area contributed by atoms with Crippen LogP contribution in [0.25, 0.3) is 0 Å². The van der Waals surface area contributed by atoms with Gasteiger partial charge in [-0.15, -0.1) is 0 Å². The van der Waals surface area contributed by atoms with Gasteiger partial charge >= 0.3 is 0 Å². The molecule has 3 heterocycles. The number of amides is 1. The van der Waals surface area contributed by atoms with Gasteiger partial charge in [-0.1, -0.05) is 0 Å². The summed E-state index contributed by atoms with van der Waals surface area (Å²) in [5.41, 5.74) is 2.89. The number of carbonyl (C=O) groups excluding carboxylic acids is 1. The van der Waals surface area contributed by atoms with Gasteiger partial charge in [-0.05, 0) is 45.9 Å². The topological polar surface area (TPSA) is 93.3 Å². The number of halogens is 1. The maximum absolute atomic E-state index is 11.8. The lowest BCUT2D eigenvalue weighted by Gasteiger charge is -1.97. The molecular formula is C15H10BrN5O2S. The fraction of sp³-hybridized carbons (Fsp3) is 0. The van der Waals surface area contributed by atoms with E-state index in [4.69, 9.17) is 4.42 Å². The highest BCUT2D eigenvalue weighted by molar-refractivity contribution is 9.10. The molecule has 24 heavy (non-hydrogen) atoms. The van der Waals surface area contributed by atoms with Crippen molar-refractivity contribution >= 4 is 39.8 Å². The molecule has 3 rings (SSSR count). The Morgan fingerprint density at radius 3 is 2.75 bits per heavy atom. The molecule has 7 nitrogen and oxygen atoms in total. The first-order valence-electron chi connectivity index (χ1n) is 6.70. The SMILES string of the molecule is O=C(N/N=C\c1cc(Br)c(Sc2ncccn2)o1)c1ccncc1. The van der Waals surface area contributed by atoms with Crippen LogP contribution in [0, 0.1) is 0 Å². The number of pyridine rings is 1. The van der Waals surface area contributed by atoms with Gasteiger partial charge < -0.3 is 4.42 Å². The molecule has 0 aliphatic carbocycles. The molecule has 0 saturated heterocycles. The van der Waals surface area contributed by atoms with Gasteiger partial charge in [0.05, 0.1) is 10.7 Å². The second-order valence-electron chi connectivity index (χ2n) is 4.35. The average Bonchev–Trinajstić information content (AvgIpc) is 2.96. The summed E-state index contributed by atoms with van der Waals surface area (Å²) in [5.74, 6) is 0.155. The number of aromatic nitrogens is 3. The van der Waals surface area contributed by atoms with Crippen molar-refractivity contribution in [2.75, 3.05) is 0 Å². The third kappa shape index (κ3) is 4.27. The molecule has 0 unspecified atom stereocenters. The first-order valence-corrected chi connectivity index (χ1v) is 8.31. The third-order valence-electron chi connectivity index (χ3n) is 2.70. The summed E-state index contributed by atoms with van der Waals surface area (Å²) in [6.07, 6.45) is 7.81. The molecule has 3 aromatic heterocycles. The Morgan fingerprint density at radius 1 is 1.25 bits per heavy atom. The average molecular weight is 404 g/mol. The Balaban J connectivity index is 1.64. The summed E-state index contributed by atoms with van der Waals surface area (Å²) in [4.78, 5) is 23.9. The number of nitrogens with zero attached hydrogens (tertiary/aromatic N) is 4. The lowest BCUT2D eigenvalue weighted by Crippen LogP contribution is -2.17. The molecule has 0 aliphatic rings. The van der Waals surface area contributed by atoms with Crippen LogP contribution in [0.5, 0.6) is 0 Å². The van der Waals surface area contributed by atoms with E-state index in [-0.39, 0.29) is 5.91 Å². The summed E-state index contributed by atoms with van der Waals surface area (Å²) in [6.45, 7) is 0. The van der Waals surface area contributed by atoms with E-state index >= 15 is 0 Å². The van der Waals surface area contributed by atoms with E-state index in [0.29, 0.717) is 21.6 Å². The van der Waals surface area contributed by atoms with Crippen LogP contribution in [0.3, 0.4) is 0 Å². The number of furan rings is 1. The lowest BCUT2D eigenvalue weighted by atomic mass is 10.3. The summed E-state index contributed by atoms with van der Waals surface area (Å²) >= 11 is 4.69. The van der Waals surface area contributed by atoms with Crippen molar-refractivity contribution in [1.82, 2.24) is 20.4 Å². The Hall–Kier alpha value is -2.52. The number of hydrazone groups is 1. The van der Waals surface area contributed by atoms with Crippen molar-refractivity contribution in [3.8, 4) is 0 Å². The smallest absolute Gasteiger partial charge is 0.271 e. The van der Waals surface area contributed by atoms with E-state index in [0.717, 1.165) is 4.47 Å². The van der Waals surface area contributed by atoms with Gasteiger partial charge in [-0.3, -0.25) is 9.78 Å². The molecule has 3 aromatic rings. The van der Waals surface area contributed by atoms with Crippen LogP contribution in [0.1, 0.15) is 16.1 Å². The van der Waals surface area contributed by atoms with E-state index in [1.165, 1.54) is 30.4 Å². The Bertz CT molecular complexity index is 855. The highest BCUT2D eigenvalue weighted by Gasteiger charge is 2.11. The van der Waals surface area contributed by atoms with Gasteiger partial charge in [0.25, 0.3) is 5.91 Å². The minimum atomic E-state index is -0.327. The van der Waals surface area contributed by atoms with Crippen LogP contribution < -0.4 is 5.43 Å². The number of hydrogen-bond donors (Lipinski definition) is 1. The molecule has 0 aliphatic heterocycles. The molecular weight excluding hydrogens is 394 g/mol. The quantitative estimate of drug-likeness (QED) is 0.399. The molecule has 1 N–H and O–H groups in total. The molecule has 0 saturated carbocycles. The van der Waals surface area contributed by atoms with Crippen molar-refractivity contribution in [3.63, 3.8) is 0 Å². The number of hydrogen-bond acceptors (Lipinski definition) is 7. The van der Waals surface area contributed by atoms with Crippen LogP contribution in [0.15, 0.2) is 73.3 Å². The van der Waals surface area contributed by atoms with E-state index in [1.54, 1.807) is 36.7 Å². The van der Waals surface area contributed by atoms with Gasteiger partial charge in [0.2, 0.25) is 0 Å². The first-order chi connectivity index (χ1) is 11.7. The Kier molecular flexibility index (Phi) is 5.34. The standard InChI is InChI=1S/C15H10BrN5O2S/c16-12-8-11(23-14(12)24-15-18-4-1-5-19-15)9-20-21-13(22)10-2-6-17-7-3-10/h1-9H,(H,21,22)/b20-9-. The molecule has 0 bridgehead atoms. The fourth-order valence-corrected chi connectivity index (χ4v) is 2.88. The molecule has 0 aromatic carbocycles. The summed E-state index contributed by atoms with van der Waals surface area (Å²) < 4.78 is 6.38. The molecule has 0 atom stereocenters. The Labute approximate surface area is 149 Å². The minimum Gasteiger partial charge on any atom is -0.447 e. The highest BCUT2D eigenvalue weighted by Crippen LogP contribution is 2.33. The maximum Gasteiger partial charge on any atom is 0.271 e. The normalized spacial score (nSPS) is 10.9. The second kappa shape index (κ2) is 7.84. The van der Waals surface area contributed by atoms with Crippen molar-refractivity contribution < 1.29 is 9.21 Å². The zero-order valence-electron chi connectivity index (χ0n) is 12.1. The highest BCUT2D eigenvalue weighted by atomic mass is 79.9. The Morgan fingerprint density at radius 2 is 2.00 bits per heavy atom. The van der Waals surface area contributed by atoms with Crippen molar-refractivity contribution in [1.29, 1.82) is 0 Å². The summed E-state index contributed by atoms with van der Waals surface area (Å²) in [7, 11) is 0. The third-order valence-corrected chi connectivity index (χ3v) is 4.43. The van der Waals surface area contributed by atoms with E-state index in [2.05, 4.69) is 41.4 Å². The number of carbonyl (C=O) groups is 1. The van der Waals surface area contributed by atoms with Crippen molar-refractivity contribution in [2.24, 2.45) is 5.10 Å². The van der Waals surface area contributed by atoms with Gasteiger partial charge in [-0.25, -0.2) is 15.4 Å². The van der Waals surface area contributed by atoms with Crippen LogP contribution >= 0.6 is 27.7 Å². The van der Waals surface area contributed by atoms with E-state index < -0.39 is 0 Å². The molecule has 0 spiro atoms. The van der Waals surface area contributed by atoms with Crippen LogP contribution in [-0.4, -0.2) is 27.1 Å². The zero-order chi connectivity index (χ0) is 16.8. The van der Waals surface area contributed by atoms with Gasteiger partial charge in [-0.2, -0.15) is 5.10 Å². The lowest BCUT2D eigenvalue weighted by molar-refractivity contribution is 0.0955. The molecule has 9 heteroatoms. The summed E-state index contributed by atoms with van der Waals surface area (Å²) in [5, 5.41) is 5.05. The zero-order valence-corrected chi connectivity index (χ0v) is 14.5. The van der Waals surface area contributed by atoms with Crippen LogP contribution in [-0.2, 0) is 0 Å². The number of rotatable bonds is 5. The minimum absolute atomic E-state index is 0.327.